The number of rotatable bonds is 2. The number of hydrogen-bond donors (Lipinski definition) is 1. The number of aromatic nitrogens is 1. The molecule has 2 N–H and O–H groups in total. The van der Waals surface area contributed by atoms with E-state index in [4.69, 9.17) is 10.3 Å². The number of halogens is 2. The van der Waals surface area contributed by atoms with E-state index >= 15 is 0 Å². The summed E-state index contributed by atoms with van der Waals surface area (Å²) in [5.74, 6) is 1.25. The molecule has 0 amide bonds. The second-order valence-electron chi connectivity index (χ2n) is 2.96. The molecule has 0 atom stereocenters. The molecule has 2 aromatic rings. The third-order valence-corrected chi connectivity index (χ3v) is 5.30. The number of thiophene rings is 1. The lowest BCUT2D eigenvalue weighted by Gasteiger charge is -1.93. The minimum absolute atomic E-state index is 0.480. The van der Waals surface area contributed by atoms with Crippen LogP contribution in [0.2, 0.25) is 0 Å². The lowest BCUT2D eigenvalue weighted by molar-refractivity contribution is 0.436. The van der Waals surface area contributed by atoms with Crippen molar-refractivity contribution < 1.29 is 4.52 Å². The van der Waals surface area contributed by atoms with Crippen molar-refractivity contribution in [3.8, 4) is 10.6 Å². The monoisotopic (exact) mass is 350 g/mol. The van der Waals surface area contributed by atoms with Gasteiger partial charge in [-0.3, -0.25) is 0 Å². The summed E-state index contributed by atoms with van der Waals surface area (Å²) in [6.07, 6.45) is 0.817. The molecule has 0 radical (unpaired) electrons. The first-order valence-corrected chi connectivity index (χ1v) is 6.73. The van der Waals surface area contributed by atoms with E-state index in [1.54, 1.807) is 11.3 Å². The maximum atomic E-state index is 5.71. The second-order valence-corrected chi connectivity index (χ2v) is 6.19. The molecule has 15 heavy (non-hydrogen) atoms. The number of nitrogens with two attached hydrogens (primary N) is 1. The highest BCUT2D eigenvalue weighted by Gasteiger charge is 2.17. The van der Waals surface area contributed by atoms with Crippen LogP contribution in [0.3, 0.4) is 0 Å². The summed E-state index contributed by atoms with van der Waals surface area (Å²) in [7, 11) is 0. The van der Waals surface area contributed by atoms with Crippen molar-refractivity contribution in [3.63, 3.8) is 0 Å². The summed E-state index contributed by atoms with van der Waals surface area (Å²) in [4.78, 5) is 1.02. The molecule has 3 nitrogen and oxygen atoms in total. The molecule has 80 valence electrons. The molecule has 0 aromatic carbocycles. The molecule has 2 aromatic heterocycles. The molecule has 0 saturated heterocycles. The van der Waals surface area contributed by atoms with E-state index in [1.165, 1.54) is 0 Å². The quantitative estimate of drug-likeness (QED) is 0.887. The van der Waals surface area contributed by atoms with Crippen LogP contribution in [0.5, 0.6) is 0 Å². The van der Waals surface area contributed by atoms with Gasteiger partial charge in [-0.05, 0) is 44.3 Å². The van der Waals surface area contributed by atoms with Crippen LogP contribution in [0.25, 0.3) is 10.6 Å². The smallest absolute Gasteiger partial charge is 0.182 e. The van der Waals surface area contributed by atoms with Gasteiger partial charge in [-0.15, -0.1) is 11.3 Å². The van der Waals surface area contributed by atoms with Crippen molar-refractivity contribution >= 4 is 49.0 Å². The predicted octanol–water partition coefficient (Wildman–Crippen LogP) is 4.07. The van der Waals surface area contributed by atoms with Crippen molar-refractivity contribution in [1.82, 2.24) is 5.16 Å². The first-order valence-electron chi connectivity index (χ1n) is 4.32. The zero-order valence-corrected chi connectivity index (χ0v) is 11.9. The summed E-state index contributed by atoms with van der Waals surface area (Å²) >= 11 is 8.47. The SMILES string of the molecule is CCc1c(N)noc1-c1cc(Br)c(Br)s1. The third kappa shape index (κ3) is 1.98. The maximum absolute atomic E-state index is 5.71. The fourth-order valence-electron chi connectivity index (χ4n) is 1.32. The van der Waals surface area contributed by atoms with Crippen molar-refractivity contribution in [3.05, 3.63) is 19.9 Å². The van der Waals surface area contributed by atoms with E-state index < -0.39 is 0 Å². The van der Waals surface area contributed by atoms with Gasteiger partial charge in [0.15, 0.2) is 11.6 Å². The van der Waals surface area contributed by atoms with Crippen LogP contribution < -0.4 is 5.73 Å². The molecule has 0 aliphatic rings. The Morgan fingerprint density at radius 1 is 1.53 bits per heavy atom. The Bertz CT molecular complexity index is 473. The van der Waals surface area contributed by atoms with Gasteiger partial charge in [0, 0.05) is 10.0 Å². The Kier molecular flexibility index (Phi) is 3.18. The van der Waals surface area contributed by atoms with Crippen LogP contribution in [0.15, 0.2) is 18.8 Å². The van der Waals surface area contributed by atoms with E-state index in [1.807, 2.05) is 13.0 Å². The Labute approximate surface area is 108 Å². The minimum atomic E-state index is 0.480. The van der Waals surface area contributed by atoms with Crippen LogP contribution in [-0.2, 0) is 6.42 Å². The Morgan fingerprint density at radius 2 is 2.27 bits per heavy atom. The van der Waals surface area contributed by atoms with Crippen molar-refractivity contribution in [2.24, 2.45) is 0 Å². The van der Waals surface area contributed by atoms with Crippen LogP contribution in [0.1, 0.15) is 12.5 Å². The number of nitrogens with zero attached hydrogens (tertiary/aromatic N) is 1. The Hall–Kier alpha value is -0.330. The zero-order chi connectivity index (χ0) is 11.0. The lowest BCUT2D eigenvalue weighted by Crippen LogP contribution is -1.90. The Balaban J connectivity index is 2.53. The van der Waals surface area contributed by atoms with Crippen LogP contribution in [0, 0.1) is 0 Å². The van der Waals surface area contributed by atoms with Gasteiger partial charge in [-0.25, -0.2) is 0 Å². The highest BCUT2D eigenvalue weighted by Crippen LogP contribution is 2.40. The van der Waals surface area contributed by atoms with Gasteiger partial charge in [-0.2, -0.15) is 0 Å². The third-order valence-electron chi connectivity index (χ3n) is 2.04. The van der Waals surface area contributed by atoms with Crippen LogP contribution >= 0.6 is 43.2 Å². The molecular weight excluding hydrogens is 344 g/mol. The van der Waals surface area contributed by atoms with E-state index in [0.717, 1.165) is 30.9 Å². The van der Waals surface area contributed by atoms with Gasteiger partial charge >= 0.3 is 0 Å². The van der Waals surface area contributed by atoms with E-state index in [2.05, 4.69) is 37.0 Å². The number of anilines is 1. The summed E-state index contributed by atoms with van der Waals surface area (Å²) in [6.45, 7) is 2.03. The molecule has 0 bridgehead atoms. The number of nitrogen functional groups attached to an aromatic ring is 1. The van der Waals surface area contributed by atoms with Crippen LogP contribution in [0.4, 0.5) is 5.82 Å². The second kappa shape index (κ2) is 4.27. The number of hydrogen-bond acceptors (Lipinski definition) is 4. The largest absolute Gasteiger partial charge is 0.381 e. The average Bonchev–Trinajstić information content (AvgIpc) is 2.71. The molecule has 0 saturated carbocycles. The summed E-state index contributed by atoms with van der Waals surface area (Å²) in [5, 5.41) is 3.78. The maximum Gasteiger partial charge on any atom is 0.182 e. The first-order chi connectivity index (χ1) is 7.13. The van der Waals surface area contributed by atoms with Gasteiger partial charge < -0.3 is 10.3 Å². The van der Waals surface area contributed by atoms with Gasteiger partial charge in [0.05, 0.1) is 8.66 Å². The summed E-state index contributed by atoms with van der Waals surface area (Å²) in [5.41, 5.74) is 6.68. The van der Waals surface area contributed by atoms with Crippen LogP contribution in [-0.4, -0.2) is 5.16 Å². The van der Waals surface area contributed by atoms with Gasteiger partial charge in [0.2, 0.25) is 0 Å². The van der Waals surface area contributed by atoms with E-state index in [-0.39, 0.29) is 0 Å². The highest BCUT2D eigenvalue weighted by atomic mass is 79.9. The van der Waals surface area contributed by atoms with Gasteiger partial charge in [0.1, 0.15) is 0 Å². The Morgan fingerprint density at radius 3 is 2.80 bits per heavy atom. The van der Waals surface area contributed by atoms with Crippen molar-refractivity contribution in [2.45, 2.75) is 13.3 Å². The fourth-order valence-corrected chi connectivity index (χ4v) is 3.36. The molecule has 2 heterocycles. The molecule has 0 aliphatic heterocycles. The zero-order valence-electron chi connectivity index (χ0n) is 7.88. The standard InChI is InChI=1S/C9H8Br2N2OS/c1-2-4-7(14-13-9(4)12)6-3-5(10)8(11)15-6/h3H,2H2,1H3,(H2,12,13). The molecule has 6 heteroatoms. The molecule has 0 unspecified atom stereocenters. The molecule has 0 spiro atoms. The summed E-state index contributed by atoms with van der Waals surface area (Å²) in [6, 6.07) is 1.99. The molecule has 0 aliphatic carbocycles. The lowest BCUT2D eigenvalue weighted by atomic mass is 10.2. The van der Waals surface area contributed by atoms with Gasteiger partial charge in [-0.1, -0.05) is 12.1 Å². The average molecular weight is 352 g/mol. The van der Waals surface area contributed by atoms with E-state index in [0.29, 0.717) is 5.82 Å². The topological polar surface area (TPSA) is 52.0 Å². The van der Waals surface area contributed by atoms with Crippen molar-refractivity contribution in [2.75, 3.05) is 5.73 Å². The summed E-state index contributed by atoms with van der Waals surface area (Å²) < 4.78 is 7.28. The normalized spacial score (nSPS) is 10.9. The first kappa shape index (κ1) is 11.2. The predicted molar refractivity (Wildman–Crippen MR) is 69.0 cm³/mol. The van der Waals surface area contributed by atoms with Crippen molar-refractivity contribution in [1.29, 1.82) is 0 Å². The van der Waals surface area contributed by atoms with E-state index in [9.17, 15) is 0 Å². The highest BCUT2D eigenvalue weighted by molar-refractivity contribution is 9.13. The minimum Gasteiger partial charge on any atom is -0.381 e. The molecular formula is C9H8Br2N2OS. The fraction of sp³-hybridized carbons (Fsp3) is 0.222. The molecule has 2 rings (SSSR count). The van der Waals surface area contributed by atoms with Gasteiger partial charge in [0.25, 0.3) is 0 Å². The molecule has 0 fully saturated rings.